The predicted octanol–water partition coefficient (Wildman–Crippen LogP) is 4.99. The normalized spacial score (nSPS) is 11.6. The van der Waals surface area contributed by atoms with Crippen LogP contribution in [0.5, 0.6) is 0 Å². The molecule has 26 heavy (non-hydrogen) atoms. The van der Waals surface area contributed by atoms with Gasteiger partial charge in [0.25, 0.3) is 0 Å². The van der Waals surface area contributed by atoms with E-state index in [1.807, 2.05) is 77.5 Å². The maximum atomic E-state index is 10.3. The molecule has 0 aliphatic rings. The van der Waals surface area contributed by atoms with Gasteiger partial charge in [-0.15, -0.1) is 0 Å². The lowest BCUT2D eigenvalue weighted by Crippen LogP contribution is -2.01. The van der Waals surface area contributed by atoms with Crippen molar-refractivity contribution in [2.75, 3.05) is 0 Å². The van der Waals surface area contributed by atoms with E-state index < -0.39 is 0 Å². The molecular weight excluding hydrogens is 322 g/mol. The molecule has 4 heteroatoms. The number of nitrogens with zero attached hydrogens (tertiary/aromatic N) is 2. The molecule has 0 saturated carbocycles. The van der Waals surface area contributed by atoms with Crippen LogP contribution in [0.25, 0.3) is 22.3 Å². The Morgan fingerprint density at radius 2 is 1.46 bits per heavy atom. The molecule has 0 aliphatic heterocycles. The molecule has 4 nitrogen and oxygen atoms in total. The minimum Gasteiger partial charge on any atom is -0.507 e. The van der Waals surface area contributed by atoms with Gasteiger partial charge in [-0.3, -0.25) is 5.41 Å². The zero-order chi connectivity index (χ0) is 17.9. The second-order valence-electron chi connectivity index (χ2n) is 5.92. The Labute approximate surface area is 151 Å². The van der Waals surface area contributed by atoms with Crippen molar-refractivity contribution in [1.82, 2.24) is 9.78 Å². The first-order valence-corrected chi connectivity index (χ1v) is 8.32. The first-order valence-electron chi connectivity index (χ1n) is 8.32. The van der Waals surface area contributed by atoms with Crippen LogP contribution in [0.15, 0.2) is 91.0 Å². The van der Waals surface area contributed by atoms with E-state index in [-0.39, 0.29) is 11.5 Å². The first-order chi connectivity index (χ1) is 12.7. The highest BCUT2D eigenvalue weighted by molar-refractivity contribution is 6.15. The maximum absolute atomic E-state index is 10.3. The van der Waals surface area contributed by atoms with E-state index in [1.165, 1.54) is 6.08 Å². The van der Waals surface area contributed by atoms with Crippen molar-refractivity contribution in [3.05, 3.63) is 102 Å². The summed E-state index contributed by atoms with van der Waals surface area (Å²) in [5.74, 6) is 0.0499. The second-order valence-corrected chi connectivity index (χ2v) is 5.92. The topological polar surface area (TPSA) is 61.9 Å². The summed E-state index contributed by atoms with van der Waals surface area (Å²) in [5.41, 5.74) is 3.22. The molecule has 0 saturated heterocycles. The summed E-state index contributed by atoms with van der Waals surface area (Å²) in [6.45, 7) is 0. The molecule has 0 spiro atoms. The summed E-state index contributed by atoms with van der Waals surface area (Å²) in [4.78, 5) is 0. The number of fused-ring (bicyclic) bond motifs is 1. The average molecular weight is 339 g/mol. The summed E-state index contributed by atoms with van der Waals surface area (Å²) in [6.07, 6.45) is 1.44. The zero-order valence-corrected chi connectivity index (χ0v) is 14.0. The molecular formula is C22H17N3O. The van der Waals surface area contributed by atoms with Gasteiger partial charge < -0.3 is 5.11 Å². The second kappa shape index (κ2) is 6.69. The van der Waals surface area contributed by atoms with E-state index in [1.54, 1.807) is 12.1 Å². The van der Waals surface area contributed by atoms with Gasteiger partial charge in [0.05, 0.1) is 16.9 Å². The number of para-hydroxylation sites is 2. The molecule has 1 aromatic heterocycles. The highest BCUT2D eigenvalue weighted by Gasteiger charge is 2.14. The van der Waals surface area contributed by atoms with Crippen LogP contribution in [0, 0.1) is 5.41 Å². The Hall–Kier alpha value is -3.66. The van der Waals surface area contributed by atoms with Crippen LogP contribution in [-0.4, -0.2) is 20.6 Å². The molecule has 3 aromatic carbocycles. The van der Waals surface area contributed by atoms with Crippen LogP contribution in [0.4, 0.5) is 0 Å². The highest BCUT2D eigenvalue weighted by Crippen LogP contribution is 2.23. The smallest absolute Gasteiger partial charge is 0.125 e. The zero-order valence-electron chi connectivity index (χ0n) is 14.0. The van der Waals surface area contributed by atoms with Gasteiger partial charge in [-0.25, -0.2) is 4.68 Å². The maximum Gasteiger partial charge on any atom is 0.125 e. The number of benzene rings is 3. The molecule has 1 heterocycles. The van der Waals surface area contributed by atoms with Gasteiger partial charge in [0.15, 0.2) is 0 Å². The number of hydrogen-bond acceptors (Lipinski definition) is 3. The van der Waals surface area contributed by atoms with Crippen LogP contribution in [0.2, 0.25) is 0 Å². The molecule has 2 N–H and O–H groups in total. The molecule has 0 atom stereocenters. The quantitative estimate of drug-likeness (QED) is 0.406. The minimum atomic E-state index is 0.0499. The lowest BCUT2D eigenvalue weighted by Gasteiger charge is -2.02. The van der Waals surface area contributed by atoms with E-state index >= 15 is 0 Å². The predicted molar refractivity (Wildman–Crippen MR) is 105 cm³/mol. The third-order valence-electron chi connectivity index (χ3n) is 4.19. The van der Waals surface area contributed by atoms with Crippen molar-refractivity contribution in [1.29, 1.82) is 5.41 Å². The number of rotatable bonds is 4. The Morgan fingerprint density at radius 1 is 0.846 bits per heavy atom. The summed E-state index contributed by atoms with van der Waals surface area (Å²) >= 11 is 0. The number of aliphatic hydroxyl groups excluding tert-OH is 1. The van der Waals surface area contributed by atoms with Gasteiger partial charge in [0.2, 0.25) is 0 Å². The van der Waals surface area contributed by atoms with Crippen LogP contribution < -0.4 is 0 Å². The number of nitrogens with one attached hydrogen (secondary N) is 1. The van der Waals surface area contributed by atoms with E-state index in [0.29, 0.717) is 11.3 Å². The molecule has 0 radical (unpaired) electrons. The molecule has 0 bridgehead atoms. The standard InChI is InChI=1S/C22H17N3O/c23-19(15-21(26)16-9-3-1-4-10-16)22-18-13-7-8-14-20(18)25(24-22)17-11-5-2-6-12-17/h1-15,23,26H/b21-15-,23-19?. The summed E-state index contributed by atoms with van der Waals surface area (Å²) in [5, 5.41) is 24.3. The Bertz CT molecular complexity index is 1100. The van der Waals surface area contributed by atoms with Crippen molar-refractivity contribution in [2.24, 2.45) is 0 Å². The molecule has 4 aromatic rings. The van der Waals surface area contributed by atoms with Crippen LogP contribution >= 0.6 is 0 Å². The van der Waals surface area contributed by atoms with E-state index in [4.69, 9.17) is 5.41 Å². The monoisotopic (exact) mass is 339 g/mol. The Balaban J connectivity index is 1.81. The van der Waals surface area contributed by atoms with E-state index in [9.17, 15) is 5.11 Å². The summed E-state index contributed by atoms with van der Waals surface area (Å²) in [7, 11) is 0. The van der Waals surface area contributed by atoms with Crippen molar-refractivity contribution >= 4 is 22.4 Å². The number of hydrogen-bond donors (Lipinski definition) is 2. The van der Waals surface area contributed by atoms with Crippen molar-refractivity contribution in [2.45, 2.75) is 0 Å². The van der Waals surface area contributed by atoms with Crippen LogP contribution in [0.1, 0.15) is 11.3 Å². The van der Waals surface area contributed by atoms with Gasteiger partial charge in [-0.1, -0.05) is 66.7 Å². The molecule has 4 rings (SSSR count). The summed E-state index contributed by atoms with van der Waals surface area (Å²) in [6, 6.07) is 26.8. The van der Waals surface area contributed by atoms with Crippen LogP contribution in [-0.2, 0) is 0 Å². The number of aromatic nitrogens is 2. The van der Waals surface area contributed by atoms with Gasteiger partial charge in [-0.05, 0) is 18.2 Å². The molecule has 126 valence electrons. The SMILES string of the molecule is N=C(/C=C(\O)c1ccccc1)c1nn(-c2ccccc2)c2ccccc12. The first kappa shape index (κ1) is 15.8. The molecule has 0 fully saturated rings. The fourth-order valence-electron chi connectivity index (χ4n) is 2.93. The van der Waals surface area contributed by atoms with E-state index in [2.05, 4.69) is 5.10 Å². The fraction of sp³-hybridized carbons (Fsp3) is 0. The lowest BCUT2D eigenvalue weighted by atomic mass is 10.1. The molecule has 0 unspecified atom stereocenters. The summed E-state index contributed by atoms with van der Waals surface area (Å²) < 4.78 is 1.83. The van der Waals surface area contributed by atoms with Crippen LogP contribution in [0.3, 0.4) is 0 Å². The molecule has 0 amide bonds. The average Bonchev–Trinajstić information content (AvgIpc) is 3.09. The molecule has 0 aliphatic carbocycles. The van der Waals surface area contributed by atoms with Crippen molar-refractivity contribution in [3.8, 4) is 5.69 Å². The van der Waals surface area contributed by atoms with Crippen molar-refractivity contribution < 1.29 is 5.11 Å². The van der Waals surface area contributed by atoms with Gasteiger partial charge in [0.1, 0.15) is 11.5 Å². The largest absolute Gasteiger partial charge is 0.507 e. The fourth-order valence-corrected chi connectivity index (χ4v) is 2.93. The third-order valence-corrected chi connectivity index (χ3v) is 4.19. The van der Waals surface area contributed by atoms with Gasteiger partial charge >= 0.3 is 0 Å². The number of aliphatic hydroxyl groups is 1. The third kappa shape index (κ3) is 2.89. The number of allylic oxidation sites excluding steroid dienone is 1. The highest BCUT2D eigenvalue weighted by atomic mass is 16.3. The van der Waals surface area contributed by atoms with Gasteiger partial charge in [0, 0.05) is 17.0 Å². The lowest BCUT2D eigenvalue weighted by molar-refractivity contribution is 0.512. The Kier molecular flexibility index (Phi) is 4.07. The minimum absolute atomic E-state index is 0.0499. The van der Waals surface area contributed by atoms with Crippen molar-refractivity contribution in [3.63, 3.8) is 0 Å². The Morgan fingerprint density at radius 3 is 2.19 bits per heavy atom. The van der Waals surface area contributed by atoms with Gasteiger partial charge in [-0.2, -0.15) is 5.10 Å². The van der Waals surface area contributed by atoms with E-state index in [0.717, 1.165) is 16.6 Å².